The van der Waals surface area contributed by atoms with Gasteiger partial charge in [0, 0.05) is 36.4 Å². The van der Waals surface area contributed by atoms with Gasteiger partial charge in [-0.15, -0.1) is 0 Å². The molecule has 200 valence electrons. The molecule has 6 rings (SSSR count). The fourth-order valence-electron chi connectivity index (χ4n) is 5.63. The zero-order valence-corrected chi connectivity index (χ0v) is 21.0. The molecule has 1 unspecified atom stereocenters. The Labute approximate surface area is 222 Å². The van der Waals surface area contributed by atoms with E-state index in [1.54, 1.807) is 35.1 Å². The van der Waals surface area contributed by atoms with Gasteiger partial charge in [0.2, 0.25) is 0 Å². The molecule has 1 N–H and O–H groups in total. The molecule has 0 bridgehead atoms. The molecule has 9 heteroatoms. The highest BCUT2D eigenvalue weighted by atomic mass is 19.4. The van der Waals surface area contributed by atoms with Crippen molar-refractivity contribution in [2.75, 3.05) is 6.61 Å². The van der Waals surface area contributed by atoms with Crippen molar-refractivity contribution in [1.82, 2.24) is 9.78 Å². The molecule has 2 heterocycles. The molecule has 0 saturated heterocycles. The number of aliphatic carboxylic acids is 1. The number of aromatic nitrogens is 2. The Hall–Kier alpha value is -4.27. The van der Waals surface area contributed by atoms with Crippen molar-refractivity contribution in [2.24, 2.45) is 7.05 Å². The number of hydrogen-bond donors (Lipinski definition) is 1. The largest absolute Gasteiger partial charge is 0.492 e. The van der Waals surface area contributed by atoms with Gasteiger partial charge in [0.25, 0.3) is 0 Å². The summed E-state index contributed by atoms with van der Waals surface area (Å²) in [6.07, 6.45) is -0.373. The predicted molar refractivity (Wildman–Crippen MR) is 138 cm³/mol. The van der Waals surface area contributed by atoms with E-state index in [2.05, 4.69) is 5.10 Å². The second kappa shape index (κ2) is 9.48. The lowest BCUT2D eigenvalue weighted by Gasteiger charge is -2.20. The Balaban J connectivity index is 1.32. The highest BCUT2D eigenvalue weighted by Crippen LogP contribution is 2.47. The van der Waals surface area contributed by atoms with Crippen LogP contribution in [0.5, 0.6) is 11.5 Å². The summed E-state index contributed by atoms with van der Waals surface area (Å²) in [6.45, 7) is 0.292. The van der Waals surface area contributed by atoms with Gasteiger partial charge in [-0.2, -0.15) is 18.3 Å². The number of rotatable bonds is 6. The zero-order chi connectivity index (χ0) is 27.3. The Kier molecular flexibility index (Phi) is 6.09. The van der Waals surface area contributed by atoms with Crippen molar-refractivity contribution in [3.8, 4) is 33.8 Å². The summed E-state index contributed by atoms with van der Waals surface area (Å²) in [6, 6.07) is 15.1. The summed E-state index contributed by atoms with van der Waals surface area (Å²) < 4.78 is 56.0. The van der Waals surface area contributed by atoms with Crippen molar-refractivity contribution in [1.29, 1.82) is 0 Å². The average Bonchev–Trinajstić information content (AvgIpc) is 3.62. The summed E-state index contributed by atoms with van der Waals surface area (Å²) in [4.78, 5) is 11.1. The third-order valence-corrected chi connectivity index (χ3v) is 7.43. The number of fused-ring (bicyclic) bond motifs is 2. The lowest BCUT2D eigenvalue weighted by atomic mass is 9.90. The van der Waals surface area contributed by atoms with E-state index < -0.39 is 23.8 Å². The van der Waals surface area contributed by atoms with Crippen LogP contribution in [0.15, 0.2) is 67.0 Å². The fraction of sp³-hybridized carbons (Fsp3) is 0.267. The first-order chi connectivity index (χ1) is 18.7. The minimum absolute atomic E-state index is 0.0171. The zero-order valence-electron chi connectivity index (χ0n) is 21.0. The molecular formula is C30H25F3N2O4. The minimum Gasteiger partial charge on any atom is -0.492 e. The molecule has 0 radical (unpaired) electrons. The van der Waals surface area contributed by atoms with E-state index in [1.165, 1.54) is 6.07 Å². The predicted octanol–water partition coefficient (Wildman–Crippen LogP) is 6.79. The van der Waals surface area contributed by atoms with Crippen molar-refractivity contribution >= 4 is 5.97 Å². The van der Waals surface area contributed by atoms with Crippen LogP contribution in [0.25, 0.3) is 22.3 Å². The molecule has 1 aliphatic carbocycles. The molecule has 1 aliphatic heterocycles. The smallest absolute Gasteiger partial charge is 0.417 e. The number of nitrogens with zero attached hydrogens (tertiary/aromatic N) is 2. The maximum atomic E-state index is 14.1. The standard InChI is InChI=1S/C30H25F3N2O4/c1-35-15-20(14-34-35)17-2-4-18(5-3-17)29-24-9-11-26(23(24)8-10-25(29)30(31,32)33)39-21-6-7-22-19(12-28(36)37)16-38-27(22)13-21/h2-8,10,13-15,19,26H,9,11-12,16H2,1H3,(H,36,37)/t19?,26-/m1/s1. The SMILES string of the molecule is Cn1cc(-c2ccc(-c3c(C(F)(F)F)ccc4c3CC[C@H]4Oc3ccc4c(c3)OCC4CC(=O)O)cc2)cn1. The number of carbonyl (C=O) groups is 1. The summed E-state index contributed by atoms with van der Waals surface area (Å²) >= 11 is 0. The molecule has 0 spiro atoms. The topological polar surface area (TPSA) is 73.6 Å². The Morgan fingerprint density at radius 3 is 2.51 bits per heavy atom. The Morgan fingerprint density at radius 2 is 1.82 bits per heavy atom. The molecule has 0 fully saturated rings. The third kappa shape index (κ3) is 4.73. The number of hydrogen-bond acceptors (Lipinski definition) is 4. The van der Waals surface area contributed by atoms with Crippen molar-refractivity contribution in [3.63, 3.8) is 0 Å². The average molecular weight is 535 g/mol. The number of aryl methyl sites for hydroxylation is 1. The van der Waals surface area contributed by atoms with E-state index in [9.17, 15) is 18.0 Å². The van der Waals surface area contributed by atoms with E-state index in [1.807, 2.05) is 31.4 Å². The van der Waals surface area contributed by atoms with Gasteiger partial charge in [0.05, 0.1) is 24.8 Å². The van der Waals surface area contributed by atoms with Crippen LogP contribution < -0.4 is 9.47 Å². The van der Waals surface area contributed by atoms with E-state index in [4.69, 9.17) is 14.6 Å². The van der Waals surface area contributed by atoms with Crippen molar-refractivity contribution in [3.05, 3.63) is 89.2 Å². The molecule has 1 aromatic heterocycles. The maximum absolute atomic E-state index is 14.1. The quantitative estimate of drug-likeness (QED) is 0.295. The van der Waals surface area contributed by atoms with Gasteiger partial charge >= 0.3 is 12.1 Å². The van der Waals surface area contributed by atoms with E-state index in [-0.39, 0.29) is 17.9 Å². The molecule has 4 aromatic rings. The summed E-state index contributed by atoms with van der Waals surface area (Å²) in [5.41, 5.74) is 4.00. The monoisotopic (exact) mass is 534 g/mol. The van der Waals surface area contributed by atoms with Gasteiger partial charge in [-0.25, -0.2) is 0 Å². The van der Waals surface area contributed by atoms with Crippen molar-refractivity contribution < 1.29 is 32.5 Å². The third-order valence-electron chi connectivity index (χ3n) is 7.43. The first kappa shape index (κ1) is 25.0. The van der Waals surface area contributed by atoms with Gasteiger partial charge in [-0.3, -0.25) is 9.48 Å². The summed E-state index contributed by atoms with van der Waals surface area (Å²) in [5, 5.41) is 13.3. The van der Waals surface area contributed by atoms with Crippen LogP contribution in [-0.4, -0.2) is 27.5 Å². The second-order valence-electron chi connectivity index (χ2n) is 9.98. The first-order valence-corrected chi connectivity index (χ1v) is 12.6. The number of carboxylic acids is 1. The van der Waals surface area contributed by atoms with Gasteiger partial charge in [-0.1, -0.05) is 36.4 Å². The molecule has 39 heavy (non-hydrogen) atoms. The Bertz CT molecular complexity index is 1560. The maximum Gasteiger partial charge on any atom is 0.417 e. The van der Waals surface area contributed by atoms with Crippen molar-refractivity contribution in [2.45, 2.75) is 37.5 Å². The van der Waals surface area contributed by atoms with Crippen LogP contribution in [0, 0.1) is 0 Å². The van der Waals surface area contributed by atoms with Gasteiger partial charge in [0.1, 0.15) is 17.6 Å². The molecule has 0 saturated carbocycles. The normalized spacial score (nSPS) is 17.9. The van der Waals surface area contributed by atoms with Gasteiger partial charge in [-0.05, 0) is 52.8 Å². The number of ether oxygens (including phenoxy) is 2. The molecule has 0 amide bonds. The highest BCUT2D eigenvalue weighted by Gasteiger charge is 2.38. The fourth-order valence-corrected chi connectivity index (χ4v) is 5.63. The van der Waals surface area contributed by atoms with E-state index in [0.29, 0.717) is 42.1 Å². The van der Waals surface area contributed by atoms with Crippen LogP contribution in [0.4, 0.5) is 13.2 Å². The van der Waals surface area contributed by atoms with E-state index in [0.717, 1.165) is 28.3 Å². The lowest BCUT2D eigenvalue weighted by molar-refractivity contribution is -0.138. The lowest BCUT2D eigenvalue weighted by Crippen LogP contribution is -2.10. The van der Waals surface area contributed by atoms with Gasteiger partial charge < -0.3 is 14.6 Å². The number of carboxylic acid groups (broad SMARTS) is 1. The van der Waals surface area contributed by atoms with Crippen LogP contribution in [-0.2, 0) is 24.4 Å². The van der Waals surface area contributed by atoms with Gasteiger partial charge in [0.15, 0.2) is 0 Å². The summed E-state index contributed by atoms with van der Waals surface area (Å²) in [7, 11) is 1.81. The Morgan fingerprint density at radius 1 is 1.08 bits per heavy atom. The molecule has 2 atom stereocenters. The molecule has 3 aromatic carbocycles. The molecular weight excluding hydrogens is 509 g/mol. The molecule has 6 nitrogen and oxygen atoms in total. The number of benzene rings is 3. The van der Waals surface area contributed by atoms with Crippen LogP contribution in [0.2, 0.25) is 0 Å². The highest BCUT2D eigenvalue weighted by molar-refractivity contribution is 5.76. The number of halogens is 3. The second-order valence-corrected chi connectivity index (χ2v) is 9.98. The first-order valence-electron chi connectivity index (χ1n) is 12.6. The van der Waals surface area contributed by atoms with Crippen LogP contribution in [0.1, 0.15) is 47.1 Å². The molecule has 2 aliphatic rings. The minimum atomic E-state index is -4.50. The summed E-state index contributed by atoms with van der Waals surface area (Å²) in [5.74, 6) is 0.00959. The van der Waals surface area contributed by atoms with Crippen LogP contribution in [0.3, 0.4) is 0 Å². The van der Waals surface area contributed by atoms with Crippen LogP contribution >= 0.6 is 0 Å². The van der Waals surface area contributed by atoms with E-state index >= 15 is 0 Å². The number of alkyl halides is 3.